The molecule has 0 aromatic heterocycles. The first-order chi connectivity index (χ1) is 6.43. The van der Waals surface area contributed by atoms with Crippen LogP contribution in [0.3, 0.4) is 0 Å². The van der Waals surface area contributed by atoms with Gasteiger partial charge in [0.15, 0.2) is 0 Å². The van der Waals surface area contributed by atoms with E-state index in [9.17, 15) is 0 Å². The maximum absolute atomic E-state index is 6.77. The Morgan fingerprint density at radius 1 is 1.23 bits per heavy atom. The molecule has 0 aliphatic carbocycles. The molecule has 0 heterocycles. The number of nitrogens with one attached hydrogen (secondary N) is 1. The van der Waals surface area contributed by atoms with Crippen molar-refractivity contribution in [2.75, 3.05) is 0 Å². The Balaban J connectivity index is 2.24. The van der Waals surface area contributed by atoms with Gasteiger partial charge in [0, 0.05) is 6.42 Å². The van der Waals surface area contributed by atoms with Gasteiger partial charge in [-0.1, -0.05) is 30.3 Å². The van der Waals surface area contributed by atoms with E-state index < -0.39 is 0 Å². The van der Waals surface area contributed by atoms with Crippen LogP contribution in [-0.2, 0) is 11.3 Å². The van der Waals surface area contributed by atoms with E-state index in [2.05, 4.69) is 0 Å². The lowest BCUT2D eigenvalue weighted by Gasteiger charge is -1.99. The zero-order valence-corrected chi connectivity index (χ0v) is 7.44. The highest BCUT2D eigenvalue weighted by molar-refractivity contribution is 5.54. The molecule has 1 rings (SSSR count). The fourth-order valence-electron chi connectivity index (χ4n) is 0.910. The van der Waals surface area contributed by atoms with E-state index in [1.807, 2.05) is 36.4 Å². The van der Waals surface area contributed by atoms with Crippen molar-refractivity contribution in [1.29, 1.82) is 5.41 Å². The van der Waals surface area contributed by atoms with Crippen molar-refractivity contribution in [3.05, 3.63) is 48.2 Å². The Bertz CT molecular complexity index is 267. The predicted molar refractivity (Wildman–Crippen MR) is 53.8 cm³/mol. The Morgan fingerprint density at radius 2 is 2.00 bits per heavy atom. The third kappa shape index (κ3) is 4.11. The van der Waals surface area contributed by atoms with Gasteiger partial charge in [0.1, 0.15) is 6.61 Å². The normalized spacial score (nSPS) is 10.2. The molecule has 0 aliphatic heterocycles. The summed E-state index contributed by atoms with van der Waals surface area (Å²) >= 11 is 0. The van der Waals surface area contributed by atoms with E-state index >= 15 is 0 Å². The third-order valence-corrected chi connectivity index (χ3v) is 1.54. The lowest BCUT2D eigenvalue weighted by Crippen LogP contribution is -1.84. The average Bonchev–Trinajstić information content (AvgIpc) is 2.19. The van der Waals surface area contributed by atoms with Crippen molar-refractivity contribution >= 4 is 6.21 Å². The van der Waals surface area contributed by atoms with E-state index in [1.165, 1.54) is 6.21 Å². The molecule has 68 valence electrons. The molecule has 0 aliphatic rings. The zero-order chi connectivity index (χ0) is 9.36. The summed E-state index contributed by atoms with van der Waals surface area (Å²) in [6, 6.07) is 9.99. The van der Waals surface area contributed by atoms with Crippen LogP contribution in [0.1, 0.15) is 12.0 Å². The Labute approximate surface area is 78.4 Å². The van der Waals surface area contributed by atoms with Crippen LogP contribution in [0.25, 0.3) is 0 Å². The largest absolute Gasteiger partial charge is 0.497 e. The Kier molecular flexibility index (Phi) is 4.39. The summed E-state index contributed by atoms with van der Waals surface area (Å²) in [4.78, 5) is 0. The summed E-state index contributed by atoms with van der Waals surface area (Å²) in [5.41, 5.74) is 1.15. The highest BCUT2D eigenvalue weighted by atomic mass is 16.5. The standard InChI is InChI=1S/C11H13NO/c12-8-4-5-9-13-10-11-6-2-1-3-7-11/h1-3,5-9,12H,4,10H2/b9-5+,12-8?. The summed E-state index contributed by atoms with van der Waals surface area (Å²) in [7, 11) is 0. The smallest absolute Gasteiger partial charge is 0.112 e. The molecule has 1 N–H and O–H groups in total. The van der Waals surface area contributed by atoms with Crippen LogP contribution < -0.4 is 0 Å². The fourth-order valence-corrected chi connectivity index (χ4v) is 0.910. The van der Waals surface area contributed by atoms with Crippen LogP contribution in [0.4, 0.5) is 0 Å². The highest BCUT2D eigenvalue weighted by Crippen LogP contribution is 2.00. The van der Waals surface area contributed by atoms with Crippen molar-refractivity contribution in [3.63, 3.8) is 0 Å². The maximum Gasteiger partial charge on any atom is 0.112 e. The van der Waals surface area contributed by atoms with Gasteiger partial charge in [-0.25, -0.2) is 0 Å². The number of rotatable bonds is 5. The molecule has 0 atom stereocenters. The molecule has 0 spiro atoms. The first-order valence-electron chi connectivity index (χ1n) is 4.23. The van der Waals surface area contributed by atoms with Gasteiger partial charge in [-0.15, -0.1) is 0 Å². The van der Waals surface area contributed by atoms with Gasteiger partial charge in [0.05, 0.1) is 6.26 Å². The van der Waals surface area contributed by atoms with Gasteiger partial charge < -0.3 is 10.1 Å². The molecular formula is C11H13NO. The summed E-state index contributed by atoms with van der Waals surface area (Å²) < 4.78 is 5.24. The summed E-state index contributed by atoms with van der Waals surface area (Å²) in [6.45, 7) is 0.593. The topological polar surface area (TPSA) is 33.1 Å². The molecule has 2 heteroatoms. The average molecular weight is 175 g/mol. The van der Waals surface area contributed by atoms with Crippen LogP contribution >= 0.6 is 0 Å². The van der Waals surface area contributed by atoms with Crippen molar-refractivity contribution in [2.45, 2.75) is 13.0 Å². The molecule has 0 amide bonds. The minimum absolute atomic E-state index is 0.593. The van der Waals surface area contributed by atoms with Crippen molar-refractivity contribution in [2.24, 2.45) is 0 Å². The van der Waals surface area contributed by atoms with Crippen LogP contribution in [0.2, 0.25) is 0 Å². The Morgan fingerprint density at radius 3 is 2.69 bits per heavy atom. The van der Waals surface area contributed by atoms with Gasteiger partial charge in [-0.2, -0.15) is 0 Å². The van der Waals surface area contributed by atoms with E-state index in [1.54, 1.807) is 6.26 Å². The van der Waals surface area contributed by atoms with Gasteiger partial charge in [-0.3, -0.25) is 0 Å². The summed E-state index contributed by atoms with van der Waals surface area (Å²) in [5, 5.41) is 6.77. The number of ether oxygens (including phenoxy) is 1. The van der Waals surface area contributed by atoms with Crippen LogP contribution in [0.5, 0.6) is 0 Å². The van der Waals surface area contributed by atoms with Crippen molar-refractivity contribution in [3.8, 4) is 0 Å². The monoisotopic (exact) mass is 175 g/mol. The first-order valence-corrected chi connectivity index (χ1v) is 4.23. The second-order valence-corrected chi connectivity index (χ2v) is 2.61. The molecule has 0 saturated carbocycles. The number of allylic oxidation sites excluding steroid dienone is 1. The molecular weight excluding hydrogens is 162 g/mol. The van der Waals surface area contributed by atoms with Gasteiger partial charge >= 0.3 is 0 Å². The van der Waals surface area contributed by atoms with Crippen molar-refractivity contribution < 1.29 is 4.74 Å². The zero-order valence-electron chi connectivity index (χ0n) is 7.44. The third-order valence-electron chi connectivity index (χ3n) is 1.54. The molecule has 13 heavy (non-hydrogen) atoms. The minimum atomic E-state index is 0.593. The first kappa shape index (κ1) is 9.52. The quantitative estimate of drug-likeness (QED) is 0.541. The number of hydrogen-bond donors (Lipinski definition) is 1. The number of hydrogen-bond acceptors (Lipinski definition) is 2. The highest BCUT2D eigenvalue weighted by Gasteiger charge is 1.86. The molecule has 0 saturated heterocycles. The Hall–Kier alpha value is -1.57. The van der Waals surface area contributed by atoms with Gasteiger partial charge in [-0.05, 0) is 17.9 Å². The SMILES string of the molecule is N=CC/C=C/OCc1ccccc1. The predicted octanol–water partition coefficient (Wildman–Crippen LogP) is 2.76. The van der Waals surface area contributed by atoms with E-state index in [4.69, 9.17) is 10.1 Å². The van der Waals surface area contributed by atoms with Crippen molar-refractivity contribution in [1.82, 2.24) is 0 Å². The molecule has 1 aromatic rings. The molecule has 0 radical (unpaired) electrons. The lowest BCUT2D eigenvalue weighted by molar-refractivity contribution is 0.236. The van der Waals surface area contributed by atoms with E-state index in [0.717, 1.165) is 5.56 Å². The van der Waals surface area contributed by atoms with Gasteiger partial charge in [0.2, 0.25) is 0 Å². The maximum atomic E-state index is 6.77. The van der Waals surface area contributed by atoms with Gasteiger partial charge in [0.25, 0.3) is 0 Å². The van der Waals surface area contributed by atoms with E-state index in [0.29, 0.717) is 13.0 Å². The number of benzene rings is 1. The molecule has 0 unspecified atom stereocenters. The van der Waals surface area contributed by atoms with Crippen LogP contribution in [-0.4, -0.2) is 6.21 Å². The van der Waals surface area contributed by atoms with Crippen LogP contribution in [0, 0.1) is 5.41 Å². The lowest BCUT2D eigenvalue weighted by atomic mass is 10.2. The molecule has 2 nitrogen and oxygen atoms in total. The minimum Gasteiger partial charge on any atom is -0.497 e. The molecule has 1 aromatic carbocycles. The summed E-state index contributed by atoms with van der Waals surface area (Å²) in [5.74, 6) is 0. The second-order valence-electron chi connectivity index (χ2n) is 2.61. The molecule has 0 fully saturated rings. The van der Waals surface area contributed by atoms with E-state index in [-0.39, 0.29) is 0 Å². The molecule has 0 bridgehead atoms. The second kappa shape index (κ2) is 6.00. The van der Waals surface area contributed by atoms with Crippen LogP contribution in [0.15, 0.2) is 42.7 Å². The fraction of sp³-hybridized carbons (Fsp3) is 0.182. The summed E-state index contributed by atoms with van der Waals surface area (Å²) in [6.07, 6.45) is 5.42.